The number of fused-ring (bicyclic) bond motifs is 1. The lowest BCUT2D eigenvalue weighted by Gasteiger charge is -2.32. The average Bonchev–Trinajstić information content (AvgIpc) is 2.50. The van der Waals surface area contributed by atoms with E-state index in [1.807, 2.05) is 17.3 Å². The van der Waals surface area contributed by atoms with Crippen molar-refractivity contribution in [2.24, 2.45) is 4.99 Å². The zero-order valence-electron chi connectivity index (χ0n) is 6.86. The first kappa shape index (κ1) is 7.62. The van der Waals surface area contributed by atoms with E-state index in [1.165, 1.54) is 26.1 Å². The van der Waals surface area contributed by atoms with Crippen LogP contribution in [0.5, 0.6) is 0 Å². The van der Waals surface area contributed by atoms with Gasteiger partial charge in [0, 0.05) is 18.3 Å². The maximum Gasteiger partial charge on any atom is 0.0652 e. The van der Waals surface area contributed by atoms with Gasteiger partial charge in [-0.3, -0.25) is 4.99 Å². The Kier molecular flexibility index (Phi) is 2.18. The number of hydrogen-bond donors (Lipinski definition) is 0. The van der Waals surface area contributed by atoms with Crippen molar-refractivity contribution in [3.05, 3.63) is 0 Å². The maximum atomic E-state index is 4.44. The Labute approximate surface area is 72.1 Å². The summed E-state index contributed by atoms with van der Waals surface area (Å²) in [7, 11) is 0. The van der Waals surface area contributed by atoms with Crippen LogP contribution < -0.4 is 0 Å². The SMILES string of the molecule is CCN1CCC2N=CSC2C1. The average molecular weight is 170 g/mol. The van der Waals surface area contributed by atoms with Gasteiger partial charge in [-0.2, -0.15) is 0 Å². The molecule has 0 bridgehead atoms. The van der Waals surface area contributed by atoms with Crippen molar-refractivity contribution in [2.75, 3.05) is 19.6 Å². The van der Waals surface area contributed by atoms with E-state index in [-0.39, 0.29) is 0 Å². The number of aliphatic imine (C=N–C) groups is 1. The van der Waals surface area contributed by atoms with Crippen LogP contribution in [0.2, 0.25) is 0 Å². The molecule has 3 heteroatoms. The highest BCUT2D eigenvalue weighted by Gasteiger charge is 2.30. The highest BCUT2D eigenvalue weighted by atomic mass is 32.2. The summed E-state index contributed by atoms with van der Waals surface area (Å²) in [5.74, 6) is 0. The highest BCUT2D eigenvalue weighted by molar-refractivity contribution is 8.13. The van der Waals surface area contributed by atoms with Crippen LogP contribution >= 0.6 is 11.8 Å². The Morgan fingerprint density at radius 3 is 3.45 bits per heavy atom. The molecule has 1 saturated heterocycles. The summed E-state index contributed by atoms with van der Waals surface area (Å²) in [6, 6.07) is 0.641. The molecular formula is C8H14N2S. The minimum atomic E-state index is 0.641. The monoisotopic (exact) mass is 170 g/mol. The molecule has 0 amide bonds. The summed E-state index contributed by atoms with van der Waals surface area (Å²) >= 11 is 1.91. The first-order valence-electron chi connectivity index (χ1n) is 4.29. The zero-order chi connectivity index (χ0) is 7.68. The second-order valence-corrected chi connectivity index (χ2v) is 4.27. The van der Waals surface area contributed by atoms with Gasteiger partial charge in [-0.1, -0.05) is 6.92 Å². The smallest absolute Gasteiger partial charge is 0.0652 e. The van der Waals surface area contributed by atoms with E-state index < -0.39 is 0 Å². The maximum absolute atomic E-state index is 4.44. The summed E-state index contributed by atoms with van der Waals surface area (Å²) in [6.07, 6.45) is 1.27. The Balaban J connectivity index is 1.94. The molecule has 0 saturated carbocycles. The number of thioether (sulfide) groups is 1. The van der Waals surface area contributed by atoms with Crippen molar-refractivity contribution in [3.8, 4) is 0 Å². The highest BCUT2D eigenvalue weighted by Crippen LogP contribution is 2.28. The second-order valence-electron chi connectivity index (χ2n) is 3.18. The van der Waals surface area contributed by atoms with Gasteiger partial charge in [0.25, 0.3) is 0 Å². The first-order chi connectivity index (χ1) is 5.40. The van der Waals surface area contributed by atoms with Crippen LogP contribution in [0.3, 0.4) is 0 Å². The van der Waals surface area contributed by atoms with Crippen LogP contribution in [0.1, 0.15) is 13.3 Å². The molecule has 2 rings (SSSR count). The quantitative estimate of drug-likeness (QED) is 0.588. The van der Waals surface area contributed by atoms with Crippen molar-refractivity contribution in [3.63, 3.8) is 0 Å². The lowest BCUT2D eigenvalue weighted by atomic mass is 10.1. The van der Waals surface area contributed by atoms with E-state index in [9.17, 15) is 0 Å². The lowest BCUT2D eigenvalue weighted by Crippen LogP contribution is -2.42. The van der Waals surface area contributed by atoms with E-state index >= 15 is 0 Å². The van der Waals surface area contributed by atoms with Gasteiger partial charge in [0.1, 0.15) is 0 Å². The Bertz CT molecular complexity index is 169. The van der Waals surface area contributed by atoms with Crippen molar-refractivity contribution >= 4 is 17.3 Å². The minimum absolute atomic E-state index is 0.641. The molecule has 0 aromatic heterocycles. The molecular weight excluding hydrogens is 156 g/mol. The summed E-state index contributed by atoms with van der Waals surface area (Å²) < 4.78 is 0. The largest absolute Gasteiger partial charge is 0.302 e. The molecule has 0 aromatic rings. The third kappa shape index (κ3) is 1.44. The fourth-order valence-corrected chi connectivity index (χ4v) is 2.82. The molecule has 2 nitrogen and oxygen atoms in total. The molecule has 0 N–H and O–H groups in total. The number of likely N-dealkylation sites (tertiary alicyclic amines) is 1. The number of rotatable bonds is 1. The molecule has 2 aliphatic rings. The Hall–Kier alpha value is -0.0200. The van der Waals surface area contributed by atoms with Crippen molar-refractivity contribution in [1.29, 1.82) is 0 Å². The van der Waals surface area contributed by atoms with Crippen LogP contribution in [0.15, 0.2) is 4.99 Å². The fourth-order valence-electron chi connectivity index (χ4n) is 1.75. The van der Waals surface area contributed by atoms with Crippen molar-refractivity contribution < 1.29 is 0 Å². The number of nitrogens with zero attached hydrogens (tertiary/aromatic N) is 2. The fraction of sp³-hybridized carbons (Fsp3) is 0.875. The predicted molar refractivity (Wildman–Crippen MR) is 50.4 cm³/mol. The van der Waals surface area contributed by atoms with Gasteiger partial charge in [0.15, 0.2) is 0 Å². The molecule has 1 fully saturated rings. The van der Waals surface area contributed by atoms with Gasteiger partial charge in [0.2, 0.25) is 0 Å². The third-order valence-corrected chi connectivity index (χ3v) is 3.60. The number of piperidine rings is 1. The van der Waals surface area contributed by atoms with E-state index in [1.54, 1.807) is 0 Å². The Morgan fingerprint density at radius 2 is 2.64 bits per heavy atom. The van der Waals surface area contributed by atoms with Crippen LogP contribution in [0, 0.1) is 0 Å². The Morgan fingerprint density at radius 1 is 1.73 bits per heavy atom. The van der Waals surface area contributed by atoms with Crippen LogP contribution in [-0.2, 0) is 0 Å². The normalized spacial score (nSPS) is 37.5. The van der Waals surface area contributed by atoms with Gasteiger partial charge in [-0.05, 0) is 13.0 Å². The first-order valence-corrected chi connectivity index (χ1v) is 5.24. The van der Waals surface area contributed by atoms with Crippen LogP contribution in [0.4, 0.5) is 0 Å². The summed E-state index contributed by atoms with van der Waals surface area (Å²) in [4.78, 5) is 6.95. The van der Waals surface area contributed by atoms with E-state index in [0.29, 0.717) is 6.04 Å². The number of hydrogen-bond acceptors (Lipinski definition) is 3. The van der Waals surface area contributed by atoms with Crippen LogP contribution in [-0.4, -0.2) is 41.4 Å². The van der Waals surface area contributed by atoms with Gasteiger partial charge < -0.3 is 4.90 Å². The second kappa shape index (κ2) is 3.15. The summed E-state index contributed by atoms with van der Waals surface area (Å²) in [6.45, 7) is 5.92. The van der Waals surface area contributed by atoms with Gasteiger partial charge in [-0.15, -0.1) is 11.8 Å². The minimum Gasteiger partial charge on any atom is -0.302 e. The molecule has 11 heavy (non-hydrogen) atoms. The molecule has 0 aromatic carbocycles. The molecule has 0 aliphatic carbocycles. The van der Waals surface area contributed by atoms with Crippen molar-refractivity contribution in [2.45, 2.75) is 24.6 Å². The summed E-state index contributed by atoms with van der Waals surface area (Å²) in [5.41, 5.74) is 2.04. The van der Waals surface area contributed by atoms with E-state index in [4.69, 9.17) is 0 Å². The topological polar surface area (TPSA) is 15.6 Å². The zero-order valence-corrected chi connectivity index (χ0v) is 7.68. The lowest BCUT2D eigenvalue weighted by molar-refractivity contribution is 0.232. The van der Waals surface area contributed by atoms with Gasteiger partial charge in [-0.25, -0.2) is 0 Å². The van der Waals surface area contributed by atoms with Gasteiger partial charge >= 0.3 is 0 Å². The summed E-state index contributed by atoms with van der Waals surface area (Å²) in [5, 5.41) is 0.767. The molecule has 2 heterocycles. The van der Waals surface area contributed by atoms with Crippen LogP contribution in [0.25, 0.3) is 0 Å². The third-order valence-electron chi connectivity index (χ3n) is 2.54. The molecule has 2 atom stereocenters. The molecule has 2 aliphatic heterocycles. The van der Waals surface area contributed by atoms with Gasteiger partial charge in [0.05, 0.1) is 11.6 Å². The molecule has 0 spiro atoms. The van der Waals surface area contributed by atoms with E-state index in [2.05, 4.69) is 16.8 Å². The predicted octanol–water partition coefficient (Wildman–Crippen LogP) is 1.22. The molecule has 62 valence electrons. The molecule has 2 unspecified atom stereocenters. The molecule has 0 radical (unpaired) electrons. The standard InChI is InChI=1S/C8H14N2S/c1-2-10-4-3-7-8(5-10)11-6-9-7/h6-8H,2-5H2,1H3. The van der Waals surface area contributed by atoms with Crippen molar-refractivity contribution in [1.82, 2.24) is 4.90 Å². The van der Waals surface area contributed by atoms with E-state index in [0.717, 1.165) is 5.25 Å².